The van der Waals surface area contributed by atoms with Gasteiger partial charge in [0.15, 0.2) is 0 Å². The zero-order chi connectivity index (χ0) is 13.8. The zero-order valence-electron chi connectivity index (χ0n) is 10.7. The van der Waals surface area contributed by atoms with E-state index in [1.54, 1.807) is 36.4 Å². The summed E-state index contributed by atoms with van der Waals surface area (Å²) in [6.45, 7) is 2.23. The average molecular weight is 256 g/mol. The molecule has 2 aromatic rings. The van der Waals surface area contributed by atoms with Crippen LogP contribution in [0.2, 0.25) is 0 Å². The highest BCUT2D eigenvalue weighted by atomic mass is 16.3. The smallest absolute Gasteiger partial charge is 0.255 e. The molecule has 19 heavy (non-hydrogen) atoms. The number of aromatic hydroxyl groups is 1. The molecule has 0 radical (unpaired) electrons. The van der Waals surface area contributed by atoms with Gasteiger partial charge in [0.05, 0.1) is 0 Å². The highest BCUT2D eigenvalue weighted by Crippen LogP contribution is 2.20. The Morgan fingerprint density at radius 2 is 2.05 bits per heavy atom. The summed E-state index contributed by atoms with van der Waals surface area (Å²) in [5.41, 5.74) is 8.52. The lowest BCUT2D eigenvalue weighted by atomic mass is 10.1. The SMILES string of the molecule is Cc1cc(O)ccc1NC(=O)c1cccc(CN)c1. The first-order valence-corrected chi connectivity index (χ1v) is 6.00. The third-order valence-corrected chi connectivity index (χ3v) is 2.88. The number of nitrogens with one attached hydrogen (secondary N) is 1. The fourth-order valence-corrected chi connectivity index (χ4v) is 1.82. The van der Waals surface area contributed by atoms with Gasteiger partial charge in [0, 0.05) is 17.8 Å². The van der Waals surface area contributed by atoms with Crippen molar-refractivity contribution in [2.24, 2.45) is 5.73 Å². The van der Waals surface area contributed by atoms with Crippen molar-refractivity contribution in [3.8, 4) is 5.75 Å². The molecule has 4 heteroatoms. The molecule has 0 saturated heterocycles. The van der Waals surface area contributed by atoms with Crippen LogP contribution in [0.3, 0.4) is 0 Å². The molecule has 2 rings (SSSR count). The summed E-state index contributed by atoms with van der Waals surface area (Å²) in [5, 5.41) is 12.1. The third-order valence-electron chi connectivity index (χ3n) is 2.88. The van der Waals surface area contributed by atoms with E-state index in [0.29, 0.717) is 17.8 Å². The van der Waals surface area contributed by atoms with Crippen LogP contribution in [0, 0.1) is 6.92 Å². The van der Waals surface area contributed by atoms with Gasteiger partial charge in [-0.2, -0.15) is 0 Å². The first-order valence-electron chi connectivity index (χ1n) is 6.00. The van der Waals surface area contributed by atoms with Crippen LogP contribution in [-0.2, 0) is 6.54 Å². The van der Waals surface area contributed by atoms with Gasteiger partial charge in [-0.05, 0) is 48.4 Å². The van der Waals surface area contributed by atoms with Crippen molar-refractivity contribution < 1.29 is 9.90 Å². The van der Waals surface area contributed by atoms with E-state index in [1.807, 2.05) is 13.0 Å². The second-order valence-corrected chi connectivity index (χ2v) is 4.36. The van der Waals surface area contributed by atoms with Crippen LogP contribution < -0.4 is 11.1 Å². The number of anilines is 1. The van der Waals surface area contributed by atoms with Crippen molar-refractivity contribution in [3.63, 3.8) is 0 Å². The number of aryl methyl sites for hydroxylation is 1. The number of amides is 1. The van der Waals surface area contributed by atoms with Gasteiger partial charge in [-0.3, -0.25) is 4.79 Å². The predicted octanol–water partition coefficient (Wildman–Crippen LogP) is 2.41. The van der Waals surface area contributed by atoms with Crippen LogP contribution in [0.4, 0.5) is 5.69 Å². The summed E-state index contributed by atoms with van der Waals surface area (Å²) in [4.78, 5) is 12.1. The molecule has 4 nitrogen and oxygen atoms in total. The van der Waals surface area contributed by atoms with Gasteiger partial charge in [-0.1, -0.05) is 12.1 Å². The van der Waals surface area contributed by atoms with E-state index < -0.39 is 0 Å². The van der Waals surface area contributed by atoms with Gasteiger partial charge in [-0.15, -0.1) is 0 Å². The Kier molecular flexibility index (Phi) is 3.82. The highest BCUT2D eigenvalue weighted by Gasteiger charge is 2.08. The summed E-state index contributed by atoms with van der Waals surface area (Å²) in [6, 6.07) is 12.0. The van der Waals surface area contributed by atoms with Crippen LogP contribution >= 0.6 is 0 Å². The van der Waals surface area contributed by atoms with Gasteiger partial charge in [0.25, 0.3) is 5.91 Å². The topological polar surface area (TPSA) is 75.3 Å². The number of hydrogen-bond acceptors (Lipinski definition) is 3. The fraction of sp³-hybridized carbons (Fsp3) is 0.133. The molecule has 4 N–H and O–H groups in total. The average Bonchev–Trinajstić information content (AvgIpc) is 2.42. The van der Waals surface area contributed by atoms with Crippen molar-refractivity contribution in [1.29, 1.82) is 0 Å². The van der Waals surface area contributed by atoms with Gasteiger partial charge in [0.1, 0.15) is 5.75 Å². The Balaban J connectivity index is 2.20. The molecule has 0 fully saturated rings. The summed E-state index contributed by atoms with van der Waals surface area (Å²) >= 11 is 0. The number of hydrogen-bond donors (Lipinski definition) is 3. The quantitative estimate of drug-likeness (QED) is 0.738. The van der Waals surface area contributed by atoms with E-state index in [2.05, 4.69) is 5.32 Å². The van der Waals surface area contributed by atoms with Gasteiger partial charge >= 0.3 is 0 Å². The molecular weight excluding hydrogens is 240 g/mol. The summed E-state index contributed by atoms with van der Waals surface area (Å²) in [7, 11) is 0. The van der Waals surface area contributed by atoms with Gasteiger partial charge in [-0.25, -0.2) is 0 Å². The molecule has 0 aliphatic heterocycles. The third kappa shape index (κ3) is 3.11. The lowest BCUT2D eigenvalue weighted by molar-refractivity contribution is 0.102. The standard InChI is InChI=1S/C15H16N2O2/c1-10-7-13(18)5-6-14(10)17-15(19)12-4-2-3-11(8-12)9-16/h2-8,18H,9,16H2,1H3,(H,17,19). The van der Waals surface area contributed by atoms with Gasteiger partial charge in [0.2, 0.25) is 0 Å². The number of phenols is 1. The van der Waals surface area contributed by atoms with Crippen LogP contribution in [0.15, 0.2) is 42.5 Å². The minimum absolute atomic E-state index is 0.181. The number of benzene rings is 2. The maximum Gasteiger partial charge on any atom is 0.255 e. The lowest BCUT2D eigenvalue weighted by Gasteiger charge is -2.09. The molecule has 0 unspecified atom stereocenters. The molecule has 0 saturated carbocycles. The minimum atomic E-state index is -0.191. The maximum atomic E-state index is 12.1. The Bertz CT molecular complexity index is 609. The normalized spacial score (nSPS) is 10.2. The molecule has 0 bridgehead atoms. The number of carbonyl (C=O) groups is 1. The summed E-state index contributed by atoms with van der Waals surface area (Å²) in [5.74, 6) is -0.00952. The molecule has 1 amide bonds. The van der Waals surface area contributed by atoms with E-state index in [9.17, 15) is 9.90 Å². The molecule has 0 aromatic heterocycles. The second kappa shape index (κ2) is 5.54. The molecule has 2 aromatic carbocycles. The van der Waals surface area contributed by atoms with E-state index in [0.717, 1.165) is 11.1 Å². The number of nitrogens with two attached hydrogens (primary N) is 1. The van der Waals surface area contributed by atoms with E-state index in [-0.39, 0.29) is 11.7 Å². The lowest BCUT2D eigenvalue weighted by Crippen LogP contribution is -2.13. The molecule has 0 heterocycles. The van der Waals surface area contributed by atoms with Crippen LogP contribution in [0.1, 0.15) is 21.5 Å². The molecule has 0 aliphatic carbocycles. The van der Waals surface area contributed by atoms with Crippen molar-refractivity contribution in [2.75, 3.05) is 5.32 Å². The first kappa shape index (κ1) is 13.1. The minimum Gasteiger partial charge on any atom is -0.508 e. The Morgan fingerprint density at radius 1 is 1.26 bits per heavy atom. The van der Waals surface area contributed by atoms with Crippen LogP contribution in [0.5, 0.6) is 5.75 Å². The van der Waals surface area contributed by atoms with Crippen molar-refractivity contribution in [2.45, 2.75) is 13.5 Å². The van der Waals surface area contributed by atoms with Gasteiger partial charge < -0.3 is 16.2 Å². The molecule has 98 valence electrons. The number of rotatable bonds is 3. The Labute approximate surface area is 111 Å². The van der Waals surface area contributed by atoms with Crippen molar-refractivity contribution in [1.82, 2.24) is 0 Å². The Hall–Kier alpha value is -2.33. The van der Waals surface area contributed by atoms with Crippen molar-refractivity contribution >= 4 is 11.6 Å². The number of phenolic OH excluding ortho intramolecular Hbond substituents is 1. The summed E-state index contributed by atoms with van der Waals surface area (Å²) in [6.07, 6.45) is 0. The first-order chi connectivity index (χ1) is 9.10. The molecule has 0 spiro atoms. The fourth-order valence-electron chi connectivity index (χ4n) is 1.82. The molecular formula is C15H16N2O2. The maximum absolute atomic E-state index is 12.1. The molecule has 0 atom stereocenters. The molecule has 0 aliphatic rings. The Morgan fingerprint density at radius 3 is 2.74 bits per heavy atom. The monoisotopic (exact) mass is 256 g/mol. The second-order valence-electron chi connectivity index (χ2n) is 4.36. The van der Waals surface area contributed by atoms with E-state index >= 15 is 0 Å². The van der Waals surface area contributed by atoms with Crippen molar-refractivity contribution in [3.05, 3.63) is 59.2 Å². The number of carbonyl (C=O) groups excluding carboxylic acids is 1. The predicted molar refractivity (Wildman–Crippen MR) is 75.1 cm³/mol. The summed E-state index contributed by atoms with van der Waals surface area (Å²) < 4.78 is 0. The van der Waals surface area contributed by atoms with Crippen LogP contribution in [-0.4, -0.2) is 11.0 Å². The largest absolute Gasteiger partial charge is 0.508 e. The van der Waals surface area contributed by atoms with E-state index in [1.165, 1.54) is 0 Å². The highest BCUT2D eigenvalue weighted by molar-refractivity contribution is 6.04. The van der Waals surface area contributed by atoms with E-state index in [4.69, 9.17) is 5.73 Å². The zero-order valence-corrected chi connectivity index (χ0v) is 10.7. The van der Waals surface area contributed by atoms with Crippen LogP contribution in [0.25, 0.3) is 0 Å².